The smallest absolute Gasteiger partial charge is 0.358 e. The minimum absolute atomic E-state index is 0.165. The molecule has 0 aliphatic carbocycles. The second-order valence-corrected chi connectivity index (χ2v) is 3.34. The minimum atomic E-state index is -1.49. The third-order valence-corrected chi connectivity index (χ3v) is 1.79. The van der Waals surface area contributed by atoms with Crippen molar-refractivity contribution in [3.8, 4) is 0 Å². The van der Waals surface area contributed by atoms with Gasteiger partial charge in [-0.05, 0) is 13.8 Å². The van der Waals surface area contributed by atoms with Crippen LogP contribution in [0.5, 0.6) is 0 Å². The summed E-state index contributed by atoms with van der Waals surface area (Å²) in [5.74, 6) is -2.23. The van der Waals surface area contributed by atoms with Crippen molar-refractivity contribution >= 4 is 17.9 Å². The van der Waals surface area contributed by atoms with Gasteiger partial charge in [0.05, 0.1) is 6.42 Å². The average molecular weight is 198 g/mol. The van der Waals surface area contributed by atoms with Gasteiger partial charge in [-0.25, -0.2) is 9.59 Å². The second-order valence-electron chi connectivity index (χ2n) is 3.34. The molecule has 0 aromatic rings. The fourth-order valence-corrected chi connectivity index (χ4v) is 0.964. The van der Waals surface area contributed by atoms with E-state index in [0.717, 1.165) is 0 Å². The van der Waals surface area contributed by atoms with Gasteiger partial charge in [0, 0.05) is 5.57 Å². The van der Waals surface area contributed by atoms with Crippen LogP contribution in [0.2, 0.25) is 0 Å². The molecule has 0 radical (unpaired) electrons. The number of esters is 3. The minimum Gasteiger partial charge on any atom is -0.443 e. The SMILES string of the molecule is C=C(C)C(=O)OC1(C)CC(=O)OC1=O. The number of ether oxygens (including phenoxy) is 2. The van der Waals surface area contributed by atoms with E-state index in [1.54, 1.807) is 0 Å². The van der Waals surface area contributed by atoms with Gasteiger partial charge >= 0.3 is 17.9 Å². The maximum atomic E-state index is 11.1. The predicted molar refractivity (Wildman–Crippen MR) is 45.0 cm³/mol. The van der Waals surface area contributed by atoms with Crippen LogP contribution in [0.4, 0.5) is 0 Å². The third kappa shape index (κ3) is 1.81. The largest absolute Gasteiger partial charge is 0.443 e. The highest BCUT2D eigenvalue weighted by Gasteiger charge is 2.48. The lowest BCUT2D eigenvalue weighted by atomic mass is 10.1. The Morgan fingerprint density at radius 3 is 2.50 bits per heavy atom. The normalized spacial score (nSPS) is 25.9. The van der Waals surface area contributed by atoms with Gasteiger partial charge in [0.2, 0.25) is 5.60 Å². The summed E-state index contributed by atoms with van der Waals surface area (Å²) in [5, 5.41) is 0. The maximum Gasteiger partial charge on any atom is 0.358 e. The number of cyclic esters (lactones) is 2. The lowest BCUT2D eigenvalue weighted by Gasteiger charge is -2.18. The molecule has 0 N–H and O–H groups in total. The average Bonchev–Trinajstić information content (AvgIpc) is 2.25. The zero-order valence-corrected chi connectivity index (χ0v) is 7.96. The Morgan fingerprint density at radius 1 is 1.57 bits per heavy atom. The molecule has 1 atom stereocenters. The zero-order chi connectivity index (χ0) is 10.9. The van der Waals surface area contributed by atoms with Gasteiger partial charge < -0.3 is 9.47 Å². The van der Waals surface area contributed by atoms with Crippen LogP contribution in [0.3, 0.4) is 0 Å². The van der Waals surface area contributed by atoms with Crippen LogP contribution in [-0.4, -0.2) is 23.5 Å². The monoisotopic (exact) mass is 198 g/mol. The molecule has 1 rings (SSSR count). The molecule has 1 aliphatic rings. The molecule has 5 heteroatoms. The highest BCUT2D eigenvalue weighted by Crippen LogP contribution is 2.25. The standard InChI is InChI=1S/C9H10O5/c1-5(2)7(11)14-9(3)4-6(10)13-8(9)12/h1,4H2,2-3H3. The molecule has 0 saturated carbocycles. The lowest BCUT2D eigenvalue weighted by molar-refractivity contribution is -0.169. The molecule has 14 heavy (non-hydrogen) atoms. The third-order valence-electron chi connectivity index (χ3n) is 1.79. The molecule has 1 aliphatic heterocycles. The van der Waals surface area contributed by atoms with Crippen molar-refractivity contribution in [1.29, 1.82) is 0 Å². The first-order chi connectivity index (χ1) is 6.35. The van der Waals surface area contributed by atoms with E-state index in [0.29, 0.717) is 0 Å². The summed E-state index contributed by atoms with van der Waals surface area (Å²) >= 11 is 0. The van der Waals surface area contributed by atoms with E-state index in [4.69, 9.17) is 4.74 Å². The Morgan fingerprint density at radius 2 is 2.14 bits per heavy atom. The van der Waals surface area contributed by atoms with Gasteiger partial charge in [0.25, 0.3) is 0 Å². The molecule has 0 spiro atoms. The summed E-state index contributed by atoms with van der Waals surface area (Å²) in [6.45, 7) is 6.15. The highest BCUT2D eigenvalue weighted by molar-refractivity contribution is 6.01. The molecule has 0 aromatic heterocycles. The van der Waals surface area contributed by atoms with Crippen molar-refractivity contribution in [3.63, 3.8) is 0 Å². The lowest BCUT2D eigenvalue weighted by Crippen LogP contribution is -2.36. The quantitative estimate of drug-likeness (QED) is 0.363. The van der Waals surface area contributed by atoms with Gasteiger partial charge in [-0.2, -0.15) is 0 Å². The Labute approximate surface area is 80.7 Å². The van der Waals surface area contributed by atoms with Gasteiger partial charge in [0.1, 0.15) is 0 Å². The van der Waals surface area contributed by atoms with Crippen molar-refractivity contribution in [3.05, 3.63) is 12.2 Å². The fourth-order valence-electron chi connectivity index (χ4n) is 0.964. The van der Waals surface area contributed by atoms with Gasteiger partial charge in [-0.3, -0.25) is 4.79 Å². The van der Waals surface area contributed by atoms with E-state index in [2.05, 4.69) is 11.3 Å². The maximum absolute atomic E-state index is 11.1. The first-order valence-electron chi connectivity index (χ1n) is 3.99. The summed E-state index contributed by atoms with van der Waals surface area (Å²) in [4.78, 5) is 33.0. The second kappa shape index (κ2) is 3.25. The van der Waals surface area contributed by atoms with Crippen molar-refractivity contribution in [2.75, 3.05) is 0 Å². The molecule has 0 bridgehead atoms. The van der Waals surface area contributed by atoms with Crippen molar-refractivity contribution in [2.24, 2.45) is 0 Å². The van der Waals surface area contributed by atoms with E-state index in [9.17, 15) is 14.4 Å². The zero-order valence-electron chi connectivity index (χ0n) is 7.96. The van der Waals surface area contributed by atoms with Crippen LogP contribution in [0.15, 0.2) is 12.2 Å². The van der Waals surface area contributed by atoms with Crippen LogP contribution in [0, 0.1) is 0 Å². The molecule has 0 aromatic carbocycles. The summed E-state index contributed by atoms with van der Waals surface area (Å²) in [7, 11) is 0. The Hall–Kier alpha value is -1.65. The van der Waals surface area contributed by atoms with E-state index >= 15 is 0 Å². The van der Waals surface area contributed by atoms with E-state index in [1.807, 2.05) is 0 Å². The predicted octanol–water partition coefficient (Wildman–Crippen LogP) is 0.338. The molecule has 5 nitrogen and oxygen atoms in total. The van der Waals surface area contributed by atoms with Crippen LogP contribution in [-0.2, 0) is 23.9 Å². The molecule has 1 heterocycles. The Balaban J connectivity index is 2.77. The van der Waals surface area contributed by atoms with E-state index < -0.39 is 23.5 Å². The summed E-state index contributed by atoms with van der Waals surface area (Å²) in [6, 6.07) is 0. The Bertz CT molecular complexity index is 330. The van der Waals surface area contributed by atoms with Gasteiger partial charge in [-0.15, -0.1) is 0 Å². The highest BCUT2D eigenvalue weighted by atomic mass is 16.6. The van der Waals surface area contributed by atoms with Crippen molar-refractivity contribution < 1.29 is 23.9 Å². The van der Waals surface area contributed by atoms with Gasteiger partial charge in [-0.1, -0.05) is 6.58 Å². The van der Waals surface area contributed by atoms with E-state index in [-0.39, 0.29) is 12.0 Å². The number of carbonyl (C=O) groups excluding carboxylic acids is 3. The number of hydrogen-bond acceptors (Lipinski definition) is 5. The number of hydrogen-bond donors (Lipinski definition) is 0. The summed E-state index contributed by atoms with van der Waals surface area (Å²) < 4.78 is 9.08. The summed E-state index contributed by atoms with van der Waals surface area (Å²) in [6.07, 6.45) is -0.245. The van der Waals surface area contributed by atoms with E-state index in [1.165, 1.54) is 13.8 Å². The molecular weight excluding hydrogens is 188 g/mol. The van der Waals surface area contributed by atoms with Crippen molar-refractivity contribution in [1.82, 2.24) is 0 Å². The van der Waals surface area contributed by atoms with Crippen LogP contribution < -0.4 is 0 Å². The van der Waals surface area contributed by atoms with Crippen LogP contribution >= 0.6 is 0 Å². The number of rotatable bonds is 2. The molecular formula is C9H10O5. The molecule has 0 amide bonds. The van der Waals surface area contributed by atoms with Gasteiger partial charge in [0.15, 0.2) is 0 Å². The molecule has 1 fully saturated rings. The number of carbonyl (C=O) groups is 3. The van der Waals surface area contributed by atoms with Crippen LogP contribution in [0.25, 0.3) is 0 Å². The van der Waals surface area contributed by atoms with Crippen molar-refractivity contribution in [2.45, 2.75) is 25.9 Å². The molecule has 76 valence electrons. The summed E-state index contributed by atoms with van der Waals surface area (Å²) in [5.41, 5.74) is -1.33. The molecule has 1 saturated heterocycles. The first-order valence-corrected chi connectivity index (χ1v) is 3.99. The first kappa shape index (κ1) is 10.4. The van der Waals surface area contributed by atoms with Crippen LogP contribution in [0.1, 0.15) is 20.3 Å². The molecule has 1 unspecified atom stereocenters. The topological polar surface area (TPSA) is 69.7 Å². The fraction of sp³-hybridized carbons (Fsp3) is 0.444. The Kier molecular flexibility index (Phi) is 2.42.